The van der Waals surface area contributed by atoms with Crippen LogP contribution in [0.3, 0.4) is 0 Å². The van der Waals surface area contributed by atoms with Crippen LogP contribution in [0.4, 0.5) is 8.78 Å². The molecule has 2 aromatic rings. The number of aryl methyl sites for hydroxylation is 1. The van der Waals surface area contributed by atoms with Gasteiger partial charge < -0.3 is 5.11 Å². The minimum atomic E-state index is -1.37. The summed E-state index contributed by atoms with van der Waals surface area (Å²) in [7, 11) is 0. The molecular formula is C13H10F2N2O2S. The van der Waals surface area contributed by atoms with E-state index in [0.717, 1.165) is 23.9 Å². The monoisotopic (exact) mass is 296 g/mol. The molecule has 7 heteroatoms. The standard InChI is InChI=1S/C13H10F2N2O2S/c1-2-10-11(15)12(17-6-16-10)20-7-3-4-9(14)8(5-7)13(18)19/h3-6H,2H2,1H3,(H,18,19). The average molecular weight is 296 g/mol. The van der Waals surface area contributed by atoms with Crippen molar-refractivity contribution in [2.45, 2.75) is 23.3 Å². The van der Waals surface area contributed by atoms with Gasteiger partial charge in [0.05, 0.1) is 11.3 Å². The highest BCUT2D eigenvalue weighted by Crippen LogP contribution is 2.30. The topological polar surface area (TPSA) is 63.1 Å². The Morgan fingerprint density at radius 3 is 2.75 bits per heavy atom. The van der Waals surface area contributed by atoms with E-state index in [2.05, 4.69) is 9.97 Å². The molecule has 1 heterocycles. The summed E-state index contributed by atoms with van der Waals surface area (Å²) in [6.07, 6.45) is 1.66. The van der Waals surface area contributed by atoms with E-state index in [0.29, 0.717) is 11.3 Å². The molecule has 2 rings (SSSR count). The van der Waals surface area contributed by atoms with Crippen LogP contribution in [-0.4, -0.2) is 21.0 Å². The number of carbonyl (C=O) groups is 1. The Morgan fingerprint density at radius 1 is 1.35 bits per heavy atom. The van der Waals surface area contributed by atoms with Gasteiger partial charge in [0.15, 0.2) is 5.82 Å². The smallest absolute Gasteiger partial charge is 0.338 e. The Morgan fingerprint density at radius 2 is 2.10 bits per heavy atom. The lowest BCUT2D eigenvalue weighted by molar-refractivity contribution is 0.0691. The summed E-state index contributed by atoms with van der Waals surface area (Å²) in [5.74, 6) is -2.75. The van der Waals surface area contributed by atoms with Gasteiger partial charge in [-0.15, -0.1) is 0 Å². The summed E-state index contributed by atoms with van der Waals surface area (Å²) in [6, 6.07) is 3.56. The molecule has 0 fully saturated rings. The number of carboxylic acid groups (broad SMARTS) is 1. The molecule has 0 aliphatic rings. The summed E-state index contributed by atoms with van der Waals surface area (Å²) < 4.78 is 27.2. The average Bonchev–Trinajstić information content (AvgIpc) is 2.43. The molecule has 1 aromatic carbocycles. The van der Waals surface area contributed by atoms with Gasteiger partial charge in [0, 0.05) is 4.90 Å². The van der Waals surface area contributed by atoms with Crippen molar-refractivity contribution in [2.24, 2.45) is 0 Å². The number of carboxylic acids is 1. The molecule has 104 valence electrons. The molecule has 1 N–H and O–H groups in total. The van der Waals surface area contributed by atoms with E-state index in [-0.39, 0.29) is 10.7 Å². The first-order chi connectivity index (χ1) is 9.52. The lowest BCUT2D eigenvalue weighted by Gasteiger charge is -2.06. The van der Waals surface area contributed by atoms with Gasteiger partial charge in [0.25, 0.3) is 0 Å². The molecule has 0 saturated carbocycles. The van der Waals surface area contributed by atoms with E-state index < -0.39 is 23.2 Å². The van der Waals surface area contributed by atoms with Gasteiger partial charge in [-0.3, -0.25) is 0 Å². The largest absolute Gasteiger partial charge is 0.478 e. The van der Waals surface area contributed by atoms with Crippen molar-refractivity contribution in [1.29, 1.82) is 0 Å². The van der Waals surface area contributed by atoms with Crippen molar-refractivity contribution in [3.8, 4) is 0 Å². The summed E-state index contributed by atoms with van der Waals surface area (Å²) in [6.45, 7) is 1.76. The normalized spacial score (nSPS) is 10.6. The van der Waals surface area contributed by atoms with Crippen molar-refractivity contribution in [3.63, 3.8) is 0 Å². The van der Waals surface area contributed by atoms with E-state index in [9.17, 15) is 13.6 Å². The van der Waals surface area contributed by atoms with E-state index in [4.69, 9.17) is 5.11 Å². The zero-order valence-corrected chi connectivity index (χ0v) is 11.2. The van der Waals surface area contributed by atoms with E-state index >= 15 is 0 Å². The van der Waals surface area contributed by atoms with Crippen LogP contribution in [0.1, 0.15) is 23.0 Å². The van der Waals surface area contributed by atoms with E-state index in [1.54, 1.807) is 6.92 Å². The Hall–Kier alpha value is -2.02. The summed E-state index contributed by atoms with van der Waals surface area (Å²) in [4.78, 5) is 18.9. The highest BCUT2D eigenvalue weighted by Gasteiger charge is 2.14. The van der Waals surface area contributed by atoms with Crippen LogP contribution in [0.25, 0.3) is 0 Å². The fourth-order valence-electron chi connectivity index (χ4n) is 1.55. The maximum Gasteiger partial charge on any atom is 0.338 e. The lowest BCUT2D eigenvalue weighted by Crippen LogP contribution is -2.01. The third-order valence-corrected chi connectivity index (χ3v) is 3.51. The lowest BCUT2D eigenvalue weighted by atomic mass is 10.2. The number of halogens is 2. The van der Waals surface area contributed by atoms with E-state index in [1.807, 2.05) is 0 Å². The maximum atomic E-state index is 14.0. The Bertz CT molecular complexity index is 665. The second-order valence-electron chi connectivity index (χ2n) is 3.84. The van der Waals surface area contributed by atoms with Gasteiger partial charge in [-0.1, -0.05) is 18.7 Å². The van der Waals surface area contributed by atoms with Crippen molar-refractivity contribution in [2.75, 3.05) is 0 Å². The molecule has 0 unspecified atom stereocenters. The number of aromatic carboxylic acids is 1. The van der Waals surface area contributed by atoms with Crippen molar-refractivity contribution in [3.05, 3.63) is 47.4 Å². The molecule has 0 radical (unpaired) electrons. The Balaban J connectivity index is 2.35. The van der Waals surface area contributed by atoms with Crippen molar-refractivity contribution < 1.29 is 18.7 Å². The van der Waals surface area contributed by atoms with Gasteiger partial charge in [-0.25, -0.2) is 23.5 Å². The predicted molar refractivity (Wildman–Crippen MR) is 68.9 cm³/mol. The van der Waals surface area contributed by atoms with Gasteiger partial charge in [-0.2, -0.15) is 0 Å². The van der Waals surface area contributed by atoms with E-state index in [1.165, 1.54) is 12.4 Å². The Kier molecular flexibility index (Phi) is 4.29. The minimum Gasteiger partial charge on any atom is -0.478 e. The van der Waals surface area contributed by atoms with Crippen LogP contribution >= 0.6 is 11.8 Å². The van der Waals surface area contributed by atoms with Gasteiger partial charge in [-0.05, 0) is 24.6 Å². The first kappa shape index (κ1) is 14.4. The van der Waals surface area contributed by atoms with Crippen LogP contribution in [0.2, 0.25) is 0 Å². The highest BCUT2D eigenvalue weighted by atomic mass is 32.2. The van der Waals surface area contributed by atoms with Gasteiger partial charge in [0.2, 0.25) is 0 Å². The number of hydrogen-bond acceptors (Lipinski definition) is 4. The third kappa shape index (κ3) is 2.93. The van der Waals surface area contributed by atoms with Crippen molar-refractivity contribution >= 4 is 17.7 Å². The number of nitrogens with zero attached hydrogens (tertiary/aromatic N) is 2. The number of rotatable bonds is 4. The third-order valence-electron chi connectivity index (χ3n) is 2.55. The van der Waals surface area contributed by atoms with Crippen LogP contribution in [0.15, 0.2) is 34.4 Å². The molecule has 0 bridgehead atoms. The van der Waals surface area contributed by atoms with Crippen molar-refractivity contribution in [1.82, 2.24) is 9.97 Å². The number of hydrogen-bond donors (Lipinski definition) is 1. The zero-order valence-electron chi connectivity index (χ0n) is 10.4. The minimum absolute atomic E-state index is 0.0831. The van der Waals surface area contributed by atoms with Crippen LogP contribution in [-0.2, 0) is 6.42 Å². The molecule has 0 aliphatic carbocycles. The summed E-state index contributed by atoms with van der Waals surface area (Å²) >= 11 is 0.928. The van der Waals surface area contributed by atoms with Crippen LogP contribution < -0.4 is 0 Å². The van der Waals surface area contributed by atoms with Gasteiger partial charge in [0.1, 0.15) is 17.2 Å². The molecule has 0 aliphatic heterocycles. The highest BCUT2D eigenvalue weighted by molar-refractivity contribution is 7.99. The quantitative estimate of drug-likeness (QED) is 0.878. The fourth-order valence-corrected chi connectivity index (χ4v) is 2.39. The molecule has 0 spiro atoms. The second kappa shape index (κ2) is 5.96. The number of aromatic nitrogens is 2. The Labute approximate surface area is 117 Å². The second-order valence-corrected chi connectivity index (χ2v) is 4.90. The maximum absolute atomic E-state index is 14.0. The molecular weight excluding hydrogens is 286 g/mol. The summed E-state index contributed by atoms with van der Waals surface area (Å²) in [5, 5.41) is 8.93. The zero-order chi connectivity index (χ0) is 14.7. The molecule has 4 nitrogen and oxygen atoms in total. The number of benzene rings is 1. The predicted octanol–water partition coefficient (Wildman–Crippen LogP) is 3.17. The van der Waals surface area contributed by atoms with Crippen LogP contribution in [0.5, 0.6) is 0 Å². The molecule has 0 amide bonds. The van der Waals surface area contributed by atoms with Crippen LogP contribution in [0, 0.1) is 11.6 Å². The van der Waals surface area contributed by atoms with Gasteiger partial charge >= 0.3 is 5.97 Å². The molecule has 0 saturated heterocycles. The first-order valence-corrected chi connectivity index (χ1v) is 6.54. The molecule has 0 atom stereocenters. The first-order valence-electron chi connectivity index (χ1n) is 5.73. The fraction of sp³-hybridized carbons (Fsp3) is 0.154. The molecule has 20 heavy (non-hydrogen) atoms. The SMILES string of the molecule is CCc1ncnc(Sc2ccc(F)c(C(=O)O)c2)c1F. The summed E-state index contributed by atoms with van der Waals surface area (Å²) in [5.41, 5.74) is -0.178. The molecule has 1 aromatic heterocycles.